The molecular formula is C17H25N3O2. The molecule has 5 heteroatoms. The highest BCUT2D eigenvalue weighted by molar-refractivity contribution is 5.94. The first-order valence-electron chi connectivity index (χ1n) is 8.00. The van der Waals surface area contributed by atoms with Gasteiger partial charge < -0.3 is 15.1 Å². The summed E-state index contributed by atoms with van der Waals surface area (Å²) < 4.78 is 0. The molecule has 1 saturated heterocycles. The zero-order valence-corrected chi connectivity index (χ0v) is 13.5. The van der Waals surface area contributed by atoms with Gasteiger partial charge in [0.25, 0.3) is 5.91 Å². The Morgan fingerprint density at radius 2 is 1.86 bits per heavy atom. The van der Waals surface area contributed by atoms with E-state index in [1.165, 1.54) is 0 Å². The molecule has 1 aromatic rings. The van der Waals surface area contributed by atoms with E-state index in [9.17, 15) is 9.59 Å². The Morgan fingerprint density at radius 1 is 1.14 bits per heavy atom. The first-order chi connectivity index (χ1) is 10.6. The van der Waals surface area contributed by atoms with Gasteiger partial charge in [0.2, 0.25) is 0 Å². The third-order valence-corrected chi connectivity index (χ3v) is 3.86. The fourth-order valence-corrected chi connectivity index (χ4v) is 2.63. The second-order valence-corrected chi connectivity index (χ2v) is 5.73. The summed E-state index contributed by atoms with van der Waals surface area (Å²) in [6.45, 7) is 7.29. The van der Waals surface area contributed by atoms with Crippen molar-refractivity contribution in [3.63, 3.8) is 0 Å². The van der Waals surface area contributed by atoms with Crippen LogP contribution in [-0.2, 0) is 0 Å². The van der Waals surface area contributed by atoms with Crippen molar-refractivity contribution < 1.29 is 9.59 Å². The number of hydrogen-bond donors (Lipinski definition) is 1. The number of aryl methyl sites for hydroxylation is 1. The highest BCUT2D eigenvalue weighted by Gasteiger charge is 2.22. The third-order valence-electron chi connectivity index (χ3n) is 3.86. The molecule has 0 aliphatic carbocycles. The van der Waals surface area contributed by atoms with Crippen LogP contribution in [0, 0.1) is 6.92 Å². The molecule has 22 heavy (non-hydrogen) atoms. The number of benzene rings is 1. The molecule has 120 valence electrons. The molecule has 1 aliphatic heterocycles. The zero-order valence-electron chi connectivity index (χ0n) is 13.5. The predicted molar refractivity (Wildman–Crippen MR) is 87.0 cm³/mol. The molecule has 0 atom stereocenters. The van der Waals surface area contributed by atoms with Crippen LogP contribution >= 0.6 is 0 Å². The lowest BCUT2D eigenvalue weighted by molar-refractivity contribution is 0.0762. The number of rotatable bonds is 3. The summed E-state index contributed by atoms with van der Waals surface area (Å²) in [6.07, 6.45) is 1.74. The van der Waals surface area contributed by atoms with Crippen molar-refractivity contribution in [2.45, 2.75) is 26.7 Å². The van der Waals surface area contributed by atoms with Gasteiger partial charge in [0.1, 0.15) is 0 Å². The molecule has 1 aromatic carbocycles. The van der Waals surface area contributed by atoms with Gasteiger partial charge in [-0.3, -0.25) is 4.79 Å². The number of nitrogens with zero attached hydrogens (tertiary/aromatic N) is 2. The molecule has 0 saturated carbocycles. The topological polar surface area (TPSA) is 52.7 Å². The second kappa shape index (κ2) is 7.82. The van der Waals surface area contributed by atoms with Gasteiger partial charge in [-0.1, -0.05) is 24.6 Å². The molecule has 1 fully saturated rings. The lowest BCUT2D eigenvalue weighted by atomic mass is 10.1. The average molecular weight is 303 g/mol. The molecule has 1 N–H and O–H groups in total. The van der Waals surface area contributed by atoms with E-state index in [1.54, 1.807) is 4.90 Å². The van der Waals surface area contributed by atoms with Gasteiger partial charge in [-0.2, -0.15) is 0 Å². The van der Waals surface area contributed by atoms with Crippen LogP contribution < -0.4 is 5.32 Å². The molecule has 3 amide bonds. The lowest BCUT2D eigenvalue weighted by Crippen LogP contribution is -2.42. The van der Waals surface area contributed by atoms with Crippen LogP contribution in [0.5, 0.6) is 0 Å². The van der Waals surface area contributed by atoms with E-state index >= 15 is 0 Å². The summed E-state index contributed by atoms with van der Waals surface area (Å²) in [5.74, 6) is 0.0551. The molecule has 0 unspecified atom stereocenters. The van der Waals surface area contributed by atoms with Gasteiger partial charge in [-0.05, 0) is 31.9 Å². The van der Waals surface area contributed by atoms with Crippen LogP contribution in [0.25, 0.3) is 0 Å². The Hall–Kier alpha value is -2.04. The van der Waals surface area contributed by atoms with Crippen LogP contribution in [0.2, 0.25) is 0 Å². The highest BCUT2D eigenvalue weighted by atomic mass is 16.2. The van der Waals surface area contributed by atoms with E-state index in [-0.39, 0.29) is 11.9 Å². The van der Waals surface area contributed by atoms with Crippen molar-refractivity contribution in [2.24, 2.45) is 0 Å². The summed E-state index contributed by atoms with van der Waals surface area (Å²) in [4.78, 5) is 28.2. The molecule has 5 nitrogen and oxygen atoms in total. The molecule has 2 rings (SSSR count). The zero-order chi connectivity index (χ0) is 15.9. The number of nitrogens with one attached hydrogen (secondary N) is 1. The number of hydrogen-bond acceptors (Lipinski definition) is 2. The first kappa shape index (κ1) is 16.3. The third kappa shape index (κ3) is 4.23. The quantitative estimate of drug-likeness (QED) is 0.931. The van der Waals surface area contributed by atoms with Gasteiger partial charge >= 0.3 is 6.03 Å². The Bertz CT molecular complexity index is 530. The summed E-state index contributed by atoms with van der Waals surface area (Å²) in [6, 6.07) is 7.64. The van der Waals surface area contributed by atoms with Crippen LogP contribution in [0.1, 0.15) is 35.7 Å². The minimum atomic E-state index is -0.0216. The monoisotopic (exact) mass is 303 g/mol. The van der Waals surface area contributed by atoms with Crippen LogP contribution in [0.3, 0.4) is 0 Å². The summed E-state index contributed by atoms with van der Waals surface area (Å²) in [5, 5.41) is 2.90. The Labute approximate surface area is 132 Å². The molecule has 0 aromatic heterocycles. The largest absolute Gasteiger partial charge is 0.338 e. The highest BCUT2D eigenvalue weighted by Crippen LogP contribution is 2.11. The molecule has 0 radical (unpaired) electrons. The van der Waals surface area contributed by atoms with Crippen molar-refractivity contribution >= 4 is 11.9 Å². The van der Waals surface area contributed by atoms with E-state index in [4.69, 9.17) is 0 Å². The molecule has 1 aliphatic rings. The van der Waals surface area contributed by atoms with Crippen molar-refractivity contribution in [3.05, 3.63) is 35.4 Å². The van der Waals surface area contributed by atoms with E-state index in [0.29, 0.717) is 32.7 Å². The second-order valence-electron chi connectivity index (χ2n) is 5.73. The molecule has 1 heterocycles. The van der Waals surface area contributed by atoms with E-state index in [1.807, 2.05) is 43.0 Å². The van der Waals surface area contributed by atoms with Gasteiger partial charge in [-0.15, -0.1) is 0 Å². The maximum absolute atomic E-state index is 12.6. The van der Waals surface area contributed by atoms with Crippen molar-refractivity contribution in [1.82, 2.24) is 15.1 Å². The maximum Gasteiger partial charge on any atom is 0.317 e. The smallest absolute Gasteiger partial charge is 0.317 e. The normalized spacial score (nSPS) is 15.4. The number of urea groups is 1. The SMILES string of the molecule is CCCNC(=O)N1CCCN(C(=O)c2cccc(C)c2)CC1. The first-order valence-corrected chi connectivity index (χ1v) is 8.00. The number of amides is 3. The van der Waals surface area contributed by atoms with Gasteiger partial charge in [0.05, 0.1) is 0 Å². The van der Waals surface area contributed by atoms with Gasteiger partial charge in [0, 0.05) is 38.3 Å². The van der Waals surface area contributed by atoms with Crippen LogP contribution in [0.4, 0.5) is 4.79 Å². The van der Waals surface area contributed by atoms with Gasteiger partial charge in [-0.25, -0.2) is 4.79 Å². The molecule has 0 spiro atoms. The van der Waals surface area contributed by atoms with Crippen molar-refractivity contribution in [3.8, 4) is 0 Å². The fraction of sp³-hybridized carbons (Fsp3) is 0.529. The van der Waals surface area contributed by atoms with Crippen LogP contribution in [-0.4, -0.2) is 54.5 Å². The minimum Gasteiger partial charge on any atom is -0.338 e. The summed E-state index contributed by atoms with van der Waals surface area (Å²) in [7, 11) is 0. The fourth-order valence-electron chi connectivity index (χ4n) is 2.63. The van der Waals surface area contributed by atoms with E-state index in [0.717, 1.165) is 24.0 Å². The number of carbonyl (C=O) groups excluding carboxylic acids is 2. The Balaban J connectivity index is 1.95. The Kier molecular flexibility index (Phi) is 5.81. The van der Waals surface area contributed by atoms with Crippen molar-refractivity contribution in [2.75, 3.05) is 32.7 Å². The molecular weight excluding hydrogens is 278 g/mol. The average Bonchev–Trinajstić information content (AvgIpc) is 2.78. The van der Waals surface area contributed by atoms with Crippen molar-refractivity contribution in [1.29, 1.82) is 0 Å². The Morgan fingerprint density at radius 3 is 2.59 bits per heavy atom. The standard InChI is InChI=1S/C17H25N3O2/c1-3-8-18-17(22)20-10-5-9-19(11-12-20)16(21)15-7-4-6-14(2)13-15/h4,6-7,13H,3,5,8-12H2,1-2H3,(H,18,22). The summed E-state index contributed by atoms with van der Waals surface area (Å²) >= 11 is 0. The molecule has 0 bridgehead atoms. The minimum absolute atomic E-state index is 0.0216. The van der Waals surface area contributed by atoms with Gasteiger partial charge in [0.15, 0.2) is 0 Å². The van der Waals surface area contributed by atoms with E-state index in [2.05, 4.69) is 5.32 Å². The predicted octanol–water partition coefficient (Wildman–Crippen LogP) is 2.26. The number of carbonyl (C=O) groups is 2. The lowest BCUT2D eigenvalue weighted by Gasteiger charge is -2.22. The maximum atomic E-state index is 12.6. The van der Waals surface area contributed by atoms with E-state index < -0.39 is 0 Å². The van der Waals surface area contributed by atoms with Crippen LogP contribution in [0.15, 0.2) is 24.3 Å². The summed E-state index contributed by atoms with van der Waals surface area (Å²) in [5.41, 5.74) is 1.81.